The number of likely N-dealkylation sites (N-methyl/N-ethyl adjacent to an activating group) is 1. The number of methoxy groups -OCH3 is 1. The third-order valence-electron chi connectivity index (χ3n) is 3.70. The van der Waals surface area contributed by atoms with Crippen LogP contribution in [0.2, 0.25) is 0 Å². The number of carbonyl (C=O) groups is 2. The molecule has 0 fully saturated rings. The number of halogens is 2. The Morgan fingerprint density at radius 3 is 2.66 bits per heavy atom. The first-order valence-corrected chi connectivity index (χ1v) is 9.56. The predicted molar refractivity (Wildman–Crippen MR) is 105 cm³/mol. The van der Waals surface area contributed by atoms with Gasteiger partial charge in [0.15, 0.2) is 11.5 Å². The van der Waals surface area contributed by atoms with Gasteiger partial charge in [0, 0.05) is 6.54 Å². The lowest BCUT2D eigenvalue weighted by atomic mass is 10.2. The van der Waals surface area contributed by atoms with Crippen LogP contribution < -0.4 is 14.8 Å². The molecule has 0 saturated carbocycles. The van der Waals surface area contributed by atoms with E-state index >= 15 is 0 Å². The van der Waals surface area contributed by atoms with E-state index in [0.717, 1.165) is 5.56 Å². The van der Waals surface area contributed by atoms with Crippen molar-refractivity contribution in [1.29, 1.82) is 0 Å². The Balaban J connectivity index is 1.98. The van der Waals surface area contributed by atoms with Crippen molar-refractivity contribution in [3.63, 3.8) is 0 Å². The first-order valence-electron chi connectivity index (χ1n) is 8.68. The molecule has 1 aromatic heterocycles. The average molecular weight is 428 g/mol. The van der Waals surface area contributed by atoms with E-state index in [9.17, 15) is 18.4 Å². The second kappa shape index (κ2) is 10.7. The Labute approximate surface area is 171 Å². The molecule has 0 atom stereocenters. The van der Waals surface area contributed by atoms with E-state index in [-0.39, 0.29) is 24.0 Å². The van der Waals surface area contributed by atoms with Gasteiger partial charge in [0.2, 0.25) is 5.91 Å². The molecule has 0 saturated heterocycles. The highest BCUT2D eigenvalue weighted by Crippen LogP contribution is 2.30. The minimum absolute atomic E-state index is 0.0428. The van der Waals surface area contributed by atoms with Gasteiger partial charge in [0.1, 0.15) is 4.88 Å². The molecule has 1 amide bonds. The summed E-state index contributed by atoms with van der Waals surface area (Å²) in [4.78, 5) is 26.0. The number of thiophene rings is 1. The lowest BCUT2D eigenvalue weighted by molar-refractivity contribution is -0.117. The fourth-order valence-electron chi connectivity index (χ4n) is 2.57. The zero-order chi connectivity index (χ0) is 21.4. The lowest BCUT2D eigenvalue weighted by Gasteiger charge is -2.18. The van der Waals surface area contributed by atoms with Gasteiger partial charge in [-0.15, -0.1) is 11.3 Å². The summed E-state index contributed by atoms with van der Waals surface area (Å²) in [5.74, 6) is -0.653. The van der Waals surface area contributed by atoms with Crippen molar-refractivity contribution < 1.29 is 32.6 Å². The van der Waals surface area contributed by atoms with Crippen molar-refractivity contribution in [2.75, 3.05) is 32.6 Å². The molecule has 0 spiro atoms. The van der Waals surface area contributed by atoms with Crippen LogP contribution in [-0.2, 0) is 16.1 Å². The van der Waals surface area contributed by atoms with Crippen LogP contribution in [0.15, 0.2) is 29.6 Å². The van der Waals surface area contributed by atoms with Crippen molar-refractivity contribution in [2.45, 2.75) is 20.1 Å². The number of nitrogens with one attached hydrogen (secondary N) is 1. The number of alkyl halides is 2. The van der Waals surface area contributed by atoms with Gasteiger partial charge in [0.05, 0.1) is 25.9 Å². The number of ether oxygens (including phenoxy) is 3. The normalized spacial score (nSPS) is 10.9. The molecule has 29 heavy (non-hydrogen) atoms. The molecule has 1 heterocycles. The van der Waals surface area contributed by atoms with Gasteiger partial charge in [0.25, 0.3) is 0 Å². The van der Waals surface area contributed by atoms with Crippen LogP contribution in [0.5, 0.6) is 11.5 Å². The van der Waals surface area contributed by atoms with E-state index in [1.807, 2.05) is 0 Å². The van der Waals surface area contributed by atoms with Crippen LogP contribution in [0.1, 0.15) is 22.2 Å². The molecule has 0 aliphatic heterocycles. The Bertz CT molecular complexity index is 844. The smallest absolute Gasteiger partial charge is 0.387 e. The first kappa shape index (κ1) is 22.6. The van der Waals surface area contributed by atoms with Gasteiger partial charge >= 0.3 is 12.6 Å². The van der Waals surface area contributed by atoms with E-state index in [0.29, 0.717) is 23.7 Å². The molecule has 1 aromatic carbocycles. The Morgan fingerprint density at radius 1 is 1.24 bits per heavy atom. The number of esters is 1. The standard InChI is InChI=1S/C19H22F2N2O5S/c1-4-27-15-9-12(5-6-14(15)28-19(20)21)10-23(2)11-16(24)22-13-7-8-29-17(13)18(25)26-3/h5-9,19H,4,10-11H2,1-3H3,(H,22,24). The highest BCUT2D eigenvalue weighted by Gasteiger charge is 2.17. The number of nitrogens with zero attached hydrogens (tertiary/aromatic N) is 1. The third kappa shape index (κ3) is 6.68. The van der Waals surface area contributed by atoms with Gasteiger partial charge in [-0.3, -0.25) is 9.69 Å². The number of carbonyl (C=O) groups excluding carboxylic acids is 2. The molecular formula is C19H22F2N2O5S. The quantitative estimate of drug-likeness (QED) is 0.583. The summed E-state index contributed by atoms with van der Waals surface area (Å²) in [5, 5.41) is 4.37. The van der Waals surface area contributed by atoms with Crippen LogP contribution >= 0.6 is 11.3 Å². The summed E-state index contributed by atoms with van der Waals surface area (Å²) in [7, 11) is 3.01. The molecular weight excluding hydrogens is 406 g/mol. The zero-order valence-corrected chi connectivity index (χ0v) is 17.1. The van der Waals surface area contributed by atoms with Gasteiger partial charge in [-0.1, -0.05) is 6.07 Å². The highest BCUT2D eigenvalue weighted by atomic mass is 32.1. The third-order valence-corrected chi connectivity index (χ3v) is 4.59. The summed E-state index contributed by atoms with van der Waals surface area (Å²) in [6.45, 7) is -0.489. The second-order valence-corrected chi connectivity index (χ2v) is 6.88. The molecule has 2 rings (SSSR count). The topological polar surface area (TPSA) is 77.1 Å². The Kier molecular flexibility index (Phi) is 8.34. The zero-order valence-electron chi connectivity index (χ0n) is 16.2. The van der Waals surface area contributed by atoms with Crippen molar-refractivity contribution >= 4 is 28.9 Å². The number of anilines is 1. The second-order valence-electron chi connectivity index (χ2n) is 5.97. The molecule has 7 nitrogen and oxygen atoms in total. The van der Waals surface area contributed by atoms with Crippen LogP contribution in [0.25, 0.3) is 0 Å². The van der Waals surface area contributed by atoms with Gasteiger partial charge in [-0.2, -0.15) is 8.78 Å². The van der Waals surface area contributed by atoms with Gasteiger partial charge in [-0.25, -0.2) is 4.79 Å². The average Bonchev–Trinajstić information content (AvgIpc) is 3.10. The minimum atomic E-state index is -2.95. The molecule has 2 aromatic rings. The number of benzene rings is 1. The van der Waals surface area contributed by atoms with Crippen LogP contribution in [-0.4, -0.2) is 50.7 Å². The SMILES string of the molecule is CCOc1cc(CN(C)CC(=O)Nc2ccsc2C(=O)OC)ccc1OC(F)F. The Morgan fingerprint density at radius 2 is 2.00 bits per heavy atom. The summed E-state index contributed by atoms with van der Waals surface area (Å²) < 4.78 is 39.5. The molecule has 0 radical (unpaired) electrons. The maximum atomic E-state index is 12.5. The highest BCUT2D eigenvalue weighted by molar-refractivity contribution is 7.12. The van der Waals surface area contributed by atoms with E-state index in [4.69, 9.17) is 4.74 Å². The fourth-order valence-corrected chi connectivity index (χ4v) is 3.34. The summed E-state index contributed by atoms with van der Waals surface area (Å²) in [6.07, 6.45) is 0. The number of rotatable bonds is 10. The molecule has 1 N–H and O–H groups in total. The molecule has 0 aliphatic rings. The molecule has 158 valence electrons. The lowest BCUT2D eigenvalue weighted by Crippen LogP contribution is -2.30. The van der Waals surface area contributed by atoms with Gasteiger partial charge in [-0.05, 0) is 43.1 Å². The number of amides is 1. The summed E-state index contributed by atoms with van der Waals surface area (Å²) in [5.41, 5.74) is 1.16. The monoisotopic (exact) mass is 428 g/mol. The van der Waals surface area contributed by atoms with Crippen LogP contribution in [0.3, 0.4) is 0 Å². The largest absolute Gasteiger partial charge is 0.490 e. The first-order chi connectivity index (χ1) is 13.8. The molecule has 0 bridgehead atoms. The number of hydrogen-bond acceptors (Lipinski definition) is 7. The van der Waals surface area contributed by atoms with Crippen LogP contribution in [0.4, 0.5) is 14.5 Å². The number of hydrogen-bond donors (Lipinski definition) is 1. The van der Waals surface area contributed by atoms with Crippen molar-refractivity contribution in [3.05, 3.63) is 40.1 Å². The molecule has 10 heteroatoms. The Hall–Kier alpha value is -2.72. The van der Waals surface area contributed by atoms with Gasteiger partial charge < -0.3 is 19.5 Å². The summed E-state index contributed by atoms with van der Waals surface area (Å²) in [6, 6.07) is 6.27. The van der Waals surface area contributed by atoms with Crippen molar-refractivity contribution in [1.82, 2.24) is 4.90 Å². The van der Waals surface area contributed by atoms with Crippen molar-refractivity contribution in [2.24, 2.45) is 0 Å². The molecule has 0 unspecified atom stereocenters. The maximum absolute atomic E-state index is 12.5. The van der Waals surface area contributed by atoms with E-state index in [1.54, 1.807) is 42.5 Å². The van der Waals surface area contributed by atoms with E-state index in [1.165, 1.54) is 24.5 Å². The van der Waals surface area contributed by atoms with Crippen molar-refractivity contribution in [3.8, 4) is 11.5 Å². The molecule has 0 aliphatic carbocycles. The summed E-state index contributed by atoms with van der Waals surface area (Å²) >= 11 is 1.18. The predicted octanol–water partition coefficient (Wildman–Crippen LogP) is 3.61. The van der Waals surface area contributed by atoms with Crippen LogP contribution in [0, 0.1) is 0 Å². The van der Waals surface area contributed by atoms with E-state index in [2.05, 4.69) is 14.8 Å². The minimum Gasteiger partial charge on any atom is -0.490 e. The van der Waals surface area contributed by atoms with E-state index < -0.39 is 12.6 Å². The fraction of sp³-hybridized carbons (Fsp3) is 0.368. The maximum Gasteiger partial charge on any atom is 0.387 e.